The highest BCUT2D eigenvalue weighted by Crippen LogP contribution is 2.30. The Bertz CT molecular complexity index is 508. The van der Waals surface area contributed by atoms with Crippen LogP contribution < -0.4 is 4.90 Å². The van der Waals surface area contributed by atoms with Crippen molar-refractivity contribution in [3.8, 4) is 0 Å². The highest BCUT2D eigenvalue weighted by Gasteiger charge is 2.13. The van der Waals surface area contributed by atoms with Gasteiger partial charge in [0.2, 0.25) is 0 Å². The van der Waals surface area contributed by atoms with Gasteiger partial charge in [-0.15, -0.1) is 11.6 Å². The lowest BCUT2D eigenvalue weighted by atomic mass is 10.5. The Labute approximate surface area is 114 Å². The normalized spacial score (nSPS) is 10.8. The number of imidazole rings is 1. The number of aryl methyl sites for hydroxylation is 1. The van der Waals surface area contributed by atoms with Crippen LogP contribution in [0.2, 0.25) is 5.15 Å². The van der Waals surface area contributed by atoms with Crippen LogP contribution in [-0.2, 0) is 19.5 Å². The van der Waals surface area contributed by atoms with Crippen molar-refractivity contribution in [2.24, 2.45) is 7.05 Å². The standard InChI is InChI=1S/C10H12Cl2N4S/c1-15-4-3-13-8(15)6-16(2)10-14-9(12)7(5-11)17-10/h3-4H,5-6H2,1-2H3. The van der Waals surface area contributed by atoms with Gasteiger partial charge in [0, 0.05) is 26.5 Å². The molecule has 0 saturated carbocycles. The summed E-state index contributed by atoms with van der Waals surface area (Å²) in [6.07, 6.45) is 3.70. The van der Waals surface area contributed by atoms with E-state index in [1.165, 1.54) is 11.3 Å². The number of hydrogen-bond donors (Lipinski definition) is 0. The van der Waals surface area contributed by atoms with E-state index in [9.17, 15) is 0 Å². The Kier molecular flexibility index (Phi) is 3.91. The number of halogens is 2. The van der Waals surface area contributed by atoms with Crippen molar-refractivity contribution in [1.82, 2.24) is 14.5 Å². The molecule has 0 fully saturated rings. The van der Waals surface area contributed by atoms with E-state index in [0.29, 0.717) is 17.6 Å². The van der Waals surface area contributed by atoms with Gasteiger partial charge in [-0.3, -0.25) is 0 Å². The number of hydrogen-bond acceptors (Lipinski definition) is 4. The predicted molar refractivity (Wildman–Crippen MR) is 72.0 cm³/mol. The van der Waals surface area contributed by atoms with E-state index in [1.54, 1.807) is 6.20 Å². The maximum atomic E-state index is 5.97. The summed E-state index contributed by atoms with van der Waals surface area (Å²) >= 11 is 13.2. The zero-order chi connectivity index (χ0) is 12.4. The molecule has 0 N–H and O–H groups in total. The van der Waals surface area contributed by atoms with E-state index >= 15 is 0 Å². The number of thiazole rings is 1. The molecule has 0 aliphatic rings. The summed E-state index contributed by atoms with van der Waals surface area (Å²) in [5.74, 6) is 1.37. The third-order valence-corrected chi connectivity index (χ3v) is 4.41. The summed E-state index contributed by atoms with van der Waals surface area (Å²) in [5.41, 5.74) is 0. The average Bonchev–Trinajstić information content (AvgIpc) is 2.86. The Balaban J connectivity index is 2.14. The minimum absolute atomic E-state index is 0.396. The largest absolute Gasteiger partial charge is 0.344 e. The molecule has 2 aromatic heterocycles. The number of aromatic nitrogens is 3. The third-order valence-electron chi connectivity index (χ3n) is 2.39. The summed E-state index contributed by atoms with van der Waals surface area (Å²) < 4.78 is 1.98. The van der Waals surface area contributed by atoms with Crippen LogP contribution in [0.4, 0.5) is 5.13 Å². The Morgan fingerprint density at radius 2 is 2.29 bits per heavy atom. The van der Waals surface area contributed by atoms with Crippen molar-refractivity contribution in [3.63, 3.8) is 0 Å². The predicted octanol–water partition coefficient (Wildman–Crippen LogP) is 2.91. The molecule has 0 aliphatic heterocycles. The molecule has 17 heavy (non-hydrogen) atoms. The zero-order valence-corrected chi connectivity index (χ0v) is 11.9. The second-order valence-electron chi connectivity index (χ2n) is 3.65. The van der Waals surface area contributed by atoms with Crippen molar-refractivity contribution in [3.05, 3.63) is 28.2 Å². The SMILES string of the molecule is CN(Cc1nccn1C)c1nc(Cl)c(CCl)s1. The fourth-order valence-corrected chi connectivity index (χ4v) is 2.83. The molecule has 2 aromatic rings. The first kappa shape index (κ1) is 12.7. The molecule has 0 saturated heterocycles. The van der Waals surface area contributed by atoms with Gasteiger partial charge < -0.3 is 9.47 Å². The quantitative estimate of drug-likeness (QED) is 0.812. The third kappa shape index (κ3) is 2.73. The fraction of sp³-hybridized carbons (Fsp3) is 0.400. The molecule has 2 rings (SSSR count). The Morgan fingerprint density at radius 1 is 1.53 bits per heavy atom. The molecule has 0 amide bonds. The van der Waals surface area contributed by atoms with Crippen molar-refractivity contribution < 1.29 is 0 Å². The maximum Gasteiger partial charge on any atom is 0.187 e. The lowest BCUT2D eigenvalue weighted by molar-refractivity contribution is 0.760. The van der Waals surface area contributed by atoms with Gasteiger partial charge in [-0.2, -0.15) is 0 Å². The van der Waals surface area contributed by atoms with Crippen molar-refractivity contribution in [2.75, 3.05) is 11.9 Å². The van der Waals surface area contributed by atoms with Crippen molar-refractivity contribution in [1.29, 1.82) is 0 Å². The Morgan fingerprint density at radius 3 is 2.82 bits per heavy atom. The van der Waals surface area contributed by atoms with Crippen molar-refractivity contribution in [2.45, 2.75) is 12.4 Å². The molecular weight excluding hydrogens is 279 g/mol. The molecule has 92 valence electrons. The molecule has 0 unspecified atom stereocenters. The van der Waals surface area contributed by atoms with Crippen LogP contribution in [0, 0.1) is 0 Å². The summed E-state index contributed by atoms with van der Waals surface area (Å²) in [5, 5.41) is 1.35. The second-order valence-corrected chi connectivity index (χ2v) is 5.34. The molecule has 0 aliphatic carbocycles. The number of anilines is 1. The number of alkyl halides is 1. The van der Waals surface area contributed by atoms with Crippen LogP contribution in [0.25, 0.3) is 0 Å². The smallest absolute Gasteiger partial charge is 0.187 e. The van der Waals surface area contributed by atoms with Crippen LogP contribution >= 0.6 is 34.5 Å². The van der Waals surface area contributed by atoms with Gasteiger partial charge in [0.25, 0.3) is 0 Å². The van der Waals surface area contributed by atoms with E-state index in [1.807, 2.05) is 29.8 Å². The number of nitrogens with zero attached hydrogens (tertiary/aromatic N) is 4. The van der Waals surface area contributed by atoms with Crippen LogP contribution in [0.5, 0.6) is 0 Å². The molecular formula is C10H12Cl2N4S. The molecule has 0 spiro atoms. The topological polar surface area (TPSA) is 34.0 Å². The zero-order valence-electron chi connectivity index (χ0n) is 9.52. The molecule has 0 aromatic carbocycles. The van der Waals surface area contributed by atoms with Gasteiger partial charge in [0.05, 0.1) is 17.3 Å². The van der Waals surface area contributed by atoms with E-state index in [0.717, 1.165) is 15.8 Å². The maximum absolute atomic E-state index is 5.97. The molecule has 4 nitrogen and oxygen atoms in total. The van der Waals surface area contributed by atoms with Crippen LogP contribution in [-0.4, -0.2) is 21.6 Å². The van der Waals surface area contributed by atoms with Gasteiger partial charge in [-0.1, -0.05) is 22.9 Å². The van der Waals surface area contributed by atoms with E-state index in [2.05, 4.69) is 9.97 Å². The Hall–Kier alpha value is -0.780. The van der Waals surface area contributed by atoms with E-state index in [4.69, 9.17) is 23.2 Å². The lowest BCUT2D eigenvalue weighted by Crippen LogP contribution is -2.18. The van der Waals surface area contributed by atoms with E-state index in [-0.39, 0.29) is 0 Å². The molecule has 0 atom stereocenters. The summed E-state index contributed by atoms with van der Waals surface area (Å²) in [6, 6.07) is 0. The molecule has 0 radical (unpaired) electrons. The minimum Gasteiger partial charge on any atom is -0.344 e. The molecule has 7 heteroatoms. The number of rotatable bonds is 4. The lowest BCUT2D eigenvalue weighted by Gasteiger charge is -2.14. The van der Waals surface area contributed by atoms with Crippen LogP contribution in [0.1, 0.15) is 10.7 Å². The first-order valence-corrected chi connectivity index (χ1v) is 6.73. The summed E-state index contributed by atoms with van der Waals surface area (Å²) in [4.78, 5) is 11.5. The monoisotopic (exact) mass is 290 g/mol. The highest BCUT2D eigenvalue weighted by atomic mass is 35.5. The first-order chi connectivity index (χ1) is 8.11. The molecule has 2 heterocycles. The van der Waals surface area contributed by atoms with Gasteiger partial charge in [0.1, 0.15) is 11.0 Å². The summed E-state index contributed by atoms with van der Waals surface area (Å²) in [7, 11) is 3.93. The van der Waals surface area contributed by atoms with Gasteiger partial charge in [-0.25, -0.2) is 9.97 Å². The highest BCUT2D eigenvalue weighted by molar-refractivity contribution is 7.16. The fourth-order valence-electron chi connectivity index (χ4n) is 1.40. The van der Waals surface area contributed by atoms with Crippen LogP contribution in [0.3, 0.4) is 0 Å². The minimum atomic E-state index is 0.396. The van der Waals surface area contributed by atoms with Gasteiger partial charge >= 0.3 is 0 Å². The van der Waals surface area contributed by atoms with Gasteiger partial charge in [0.15, 0.2) is 5.13 Å². The summed E-state index contributed by atoms with van der Waals surface area (Å²) in [6.45, 7) is 0.690. The average molecular weight is 291 g/mol. The first-order valence-electron chi connectivity index (χ1n) is 5.00. The van der Waals surface area contributed by atoms with E-state index < -0.39 is 0 Å². The second kappa shape index (κ2) is 5.25. The van der Waals surface area contributed by atoms with Crippen LogP contribution in [0.15, 0.2) is 12.4 Å². The van der Waals surface area contributed by atoms with Crippen molar-refractivity contribution >= 4 is 39.7 Å². The molecule has 0 bridgehead atoms. The van der Waals surface area contributed by atoms with Gasteiger partial charge in [-0.05, 0) is 0 Å².